The van der Waals surface area contributed by atoms with Crippen LogP contribution in [0.1, 0.15) is 22.5 Å². The first kappa shape index (κ1) is 13.4. The Labute approximate surface area is 116 Å². The Bertz CT molecular complexity index is 602. The Hall–Kier alpha value is -2.06. The summed E-state index contributed by atoms with van der Waals surface area (Å²) in [4.78, 5) is 4.94. The number of aryl methyl sites for hydroxylation is 1. The van der Waals surface area contributed by atoms with Gasteiger partial charge < -0.3 is 9.47 Å². The Morgan fingerprint density at radius 2 is 1.95 bits per heavy atom. The van der Waals surface area contributed by atoms with Crippen LogP contribution in [0.4, 0.5) is 0 Å². The van der Waals surface area contributed by atoms with Gasteiger partial charge in [-0.3, -0.25) is 0 Å². The van der Waals surface area contributed by atoms with Gasteiger partial charge in [0.2, 0.25) is 0 Å². The van der Waals surface area contributed by atoms with Crippen LogP contribution in [0, 0.1) is 18.3 Å². The molecule has 4 nitrogen and oxygen atoms in total. The van der Waals surface area contributed by atoms with E-state index in [0.29, 0.717) is 23.8 Å². The molecule has 0 unspecified atom stereocenters. The van der Waals surface area contributed by atoms with Crippen molar-refractivity contribution in [3.05, 3.63) is 39.8 Å². The summed E-state index contributed by atoms with van der Waals surface area (Å²) in [5.41, 5.74) is 0.754. The summed E-state index contributed by atoms with van der Waals surface area (Å²) in [7, 11) is 0. The van der Waals surface area contributed by atoms with Crippen LogP contribution in [-0.2, 0) is 6.61 Å². The summed E-state index contributed by atoms with van der Waals surface area (Å²) < 4.78 is 11.2. The van der Waals surface area contributed by atoms with Crippen LogP contribution in [-0.4, -0.2) is 11.6 Å². The molecule has 1 aromatic heterocycles. The van der Waals surface area contributed by atoms with Crippen LogP contribution in [0.3, 0.4) is 0 Å². The lowest BCUT2D eigenvalue weighted by molar-refractivity contribution is 0.269. The maximum Gasteiger partial charge on any atom is 0.161 e. The van der Waals surface area contributed by atoms with Gasteiger partial charge in [0.1, 0.15) is 22.6 Å². The molecule has 0 spiro atoms. The normalized spacial score (nSPS) is 9.95. The Morgan fingerprint density at radius 1 is 1.26 bits per heavy atom. The van der Waals surface area contributed by atoms with Crippen molar-refractivity contribution >= 4 is 11.3 Å². The van der Waals surface area contributed by atoms with E-state index < -0.39 is 0 Å². The molecule has 0 radical (unpaired) electrons. The van der Waals surface area contributed by atoms with E-state index in [0.717, 1.165) is 16.5 Å². The van der Waals surface area contributed by atoms with Crippen LogP contribution in [0.25, 0.3) is 0 Å². The molecule has 0 aliphatic carbocycles. The van der Waals surface area contributed by atoms with Gasteiger partial charge in [0.15, 0.2) is 11.5 Å². The van der Waals surface area contributed by atoms with Crippen molar-refractivity contribution in [2.75, 3.05) is 6.61 Å². The van der Waals surface area contributed by atoms with Gasteiger partial charge >= 0.3 is 0 Å². The number of nitrogens with zero attached hydrogens (tertiary/aromatic N) is 2. The zero-order chi connectivity index (χ0) is 13.7. The van der Waals surface area contributed by atoms with Gasteiger partial charge in [-0.05, 0) is 26.0 Å². The molecule has 19 heavy (non-hydrogen) atoms. The molecule has 0 bridgehead atoms. The van der Waals surface area contributed by atoms with Crippen molar-refractivity contribution < 1.29 is 9.47 Å². The minimum atomic E-state index is 0.345. The quantitative estimate of drug-likeness (QED) is 0.839. The first-order valence-corrected chi connectivity index (χ1v) is 6.77. The van der Waals surface area contributed by atoms with Crippen molar-refractivity contribution in [1.29, 1.82) is 5.26 Å². The number of rotatable bonds is 5. The minimum absolute atomic E-state index is 0.345. The SMILES string of the molecule is CCOc1ccccc1OCc1nc(C)c(C#N)s1. The Morgan fingerprint density at radius 3 is 2.53 bits per heavy atom. The minimum Gasteiger partial charge on any atom is -0.490 e. The molecule has 0 aliphatic heterocycles. The van der Waals surface area contributed by atoms with E-state index in [2.05, 4.69) is 11.1 Å². The highest BCUT2D eigenvalue weighted by Crippen LogP contribution is 2.28. The fourth-order valence-electron chi connectivity index (χ4n) is 1.60. The van der Waals surface area contributed by atoms with Crippen molar-refractivity contribution in [1.82, 2.24) is 4.98 Å². The van der Waals surface area contributed by atoms with Crippen LogP contribution >= 0.6 is 11.3 Å². The average molecular weight is 274 g/mol. The molecule has 2 aromatic rings. The van der Waals surface area contributed by atoms with Crippen molar-refractivity contribution in [3.8, 4) is 17.6 Å². The summed E-state index contributed by atoms with van der Waals surface area (Å²) in [6.45, 7) is 4.69. The highest BCUT2D eigenvalue weighted by molar-refractivity contribution is 7.12. The second-order valence-corrected chi connectivity index (χ2v) is 4.89. The second-order valence-electron chi connectivity index (χ2n) is 3.80. The van der Waals surface area contributed by atoms with E-state index in [1.165, 1.54) is 11.3 Å². The van der Waals surface area contributed by atoms with E-state index in [4.69, 9.17) is 14.7 Å². The average Bonchev–Trinajstić information content (AvgIpc) is 2.78. The van der Waals surface area contributed by atoms with Crippen LogP contribution < -0.4 is 9.47 Å². The largest absolute Gasteiger partial charge is 0.490 e. The molecule has 0 atom stereocenters. The number of ether oxygens (including phenoxy) is 2. The number of benzene rings is 1. The predicted octanol–water partition coefficient (Wildman–Crippen LogP) is 3.30. The third kappa shape index (κ3) is 3.24. The summed E-state index contributed by atoms with van der Waals surface area (Å²) in [5, 5.41) is 9.68. The zero-order valence-electron chi connectivity index (χ0n) is 10.8. The molecule has 98 valence electrons. The molecule has 0 N–H and O–H groups in total. The molecule has 0 saturated heterocycles. The number of thiazole rings is 1. The smallest absolute Gasteiger partial charge is 0.161 e. The van der Waals surface area contributed by atoms with E-state index in [1.807, 2.05) is 38.1 Å². The molecule has 0 aliphatic rings. The number of aromatic nitrogens is 1. The summed E-state index contributed by atoms with van der Waals surface area (Å²) >= 11 is 1.36. The first-order chi connectivity index (χ1) is 9.24. The topological polar surface area (TPSA) is 55.1 Å². The van der Waals surface area contributed by atoms with E-state index in [9.17, 15) is 0 Å². The molecule has 0 amide bonds. The first-order valence-electron chi connectivity index (χ1n) is 5.95. The molecule has 0 fully saturated rings. The van der Waals surface area contributed by atoms with Crippen LogP contribution in [0.2, 0.25) is 0 Å². The number of nitriles is 1. The zero-order valence-corrected chi connectivity index (χ0v) is 11.7. The molecule has 1 aromatic carbocycles. The third-order valence-electron chi connectivity index (χ3n) is 2.44. The van der Waals surface area contributed by atoms with Gasteiger partial charge in [-0.25, -0.2) is 4.98 Å². The fraction of sp³-hybridized carbons (Fsp3) is 0.286. The van der Waals surface area contributed by atoms with Crippen molar-refractivity contribution in [2.24, 2.45) is 0 Å². The lowest BCUT2D eigenvalue weighted by atomic mass is 10.3. The summed E-state index contributed by atoms with van der Waals surface area (Å²) in [6.07, 6.45) is 0. The van der Waals surface area contributed by atoms with Gasteiger partial charge in [0.25, 0.3) is 0 Å². The lowest BCUT2D eigenvalue weighted by Gasteiger charge is -2.10. The van der Waals surface area contributed by atoms with Gasteiger partial charge in [0.05, 0.1) is 12.3 Å². The van der Waals surface area contributed by atoms with E-state index in [-0.39, 0.29) is 0 Å². The molecular weight excluding hydrogens is 260 g/mol. The van der Waals surface area contributed by atoms with Gasteiger partial charge in [-0.1, -0.05) is 12.1 Å². The van der Waals surface area contributed by atoms with Crippen molar-refractivity contribution in [3.63, 3.8) is 0 Å². The lowest BCUT2D eigenvalue weighted by Crippen LogP contribution is -1.99. The number of para-hydroxylation sites is 2. The predicted molar refractivity (Wildman–Crippen MR) is 73.5 cm³/mol. The summed E-state index contributed by atoms with van der Waals surface area (Å²) in [5.74, 6) is 1.41. The maximum atomic E-state index is 8.89. The van der Waals surface area contributed by atoms with Crippen LogP contribution in [0.15, 0.2) is 24.3 Å². The molecular formula is C14H14N2O2S. The standard InChI is InChI=1S/C14H14N2O2S/c1-3-17-11-6-4-5-7-12(11)18-9-14-16-10(2)13(8-15)19-14/h4-7H,3,9H2,1-2H3. The van der Waals surface area contributed by atoms with E-state index in [1.54, 1.807) is 0 Å². The van der Waals surface area contributed by atoms with Crippen molar-refractivity contribution in [2.45, 2.75) is 20.5 Å². The Kier molecular flexibility index (Phi) is 4.37. The highest BCUT2D eigenvalue weighted by atomic mass is 32.1. The van der Waals surface area contributed by atoms with E-state index >= 15 is 0 Å². The molecule has 1 heterocycles. The second kappa shape index (κ2) is 6.21. The Balaban J connectivity index is 2.08. The maximum absolute atomic E-state index is 8.89. The monoisotopic (exact) mass is 274 g/mol. The van der Waals surface area contributed by atoms with Gasteiger partial charge in [0, 0.05) is 0 Å². The number of hydrogen-bond acceptors (Lipinski definition) is 5. The molecule has 2 rings (SSSR count). The molecule has 0 saturated carbocycles. The highest BCUT2D eigenvalue weighted by Gasteiger charge is 2.09. The third-order valence-corrected chi connectivity index (χ3v) is 3.48. The molecule has 5 heteroatoms. The van der Waals surface area contributed by atoms with Gasteiger partial charge in [-0.2, -0.15) is 5.26 Å². The van der Waals surface area contributed by atoms with Crippen LogP contribution in [0.5, 0.6) is 11.5 Å². The summed E-state index contributed by atoms with van der Waals surface area (Å²) in [6, 6.07) is 9.64. The number of hydrogen-bond donors (Lipinski definition) is 0. The van der Waals surface area contributed by atoms with Gasteiger partial charge in [-0.15, -0.1) is 11.3 Å². The fourth-order valence-corrected chi connectivity index (χ4v) is 2.38.